The number of nitrogens with zero attached hydrogens (tertiary/aromatic N) is 2. The molecule has 3 aromatic rings. The summed E-state index contributed by atoms with van der Waals surface area (Å²) in [6, 6.07) is 14.6. The molecule has 0 spiro atoms. The smallest absolute Gasteiger partial charge is 0.433 e. The van der Waals surface area contributed by atoms with Crippen molar-refractivity contribution in [3.63, 3.8) is 0 Å². The molecule has 2 amide bonds. The summed E-state index contributed by atoms with van der Waals surface area (Å²) in [7, 11) is 1.47. The highest BCUT2D eigenvalue weighted by Gasteiger charge is 2.61. The number of nitrogens with one attached hydrogen (secondary N) is 1. The van der Waals surface area contributed by atoms with Crippen molar-refractivity contribution in [3.05, 3.63) is 87.7 Å². The second kappa shape index (κ2) is 9.98. The summed E-state index contributed by atoms with van der Waals surface area (Å²) in [6.45, 7) is -0.166. The molecule has 2 aromatic carbocycles. The fraction of sp³-hybridized carbons (Fsp3) is 0.269. The average molecular weight is 521 g/mol. The van der Waals surface area contributed by atoms with E-state index in [-0.39, 0.29) is 18.9 Å². The highest BCUT2D eigenvalue weighted by molar-refractivity contribution is 6.08. The van der Waals surface area contributed by atoms with Gasteiger partial charge in [0.15, 0.2) is 11.5 Å². The normalized spacial score (nSPS) is 22.4. The molecular formula is C26H23N3O9. The van der Waals surface area contributed by atoms with Gasteiger partial charge < -0.3 is 19.0 Å². The standard InChI is InChI=1S/C26H23N3O9/c1-36-17-9-5-8-16(23(17)37-13-14-6-3-2-4-7-14)21-19-20(22(27-21)26(32)33)25(31)28(24(19)30)12-15-10-11-18(38-15)29(34)35/h2-11,19-22,27H,12-13H2,1H3,(H,32,33). The van der Waals surface area contributed by atoms with Gasteiger partial charge >= 0.3 is 11.9 Å². The number of aliphatic carboxylic acids is 1. The third-order valence-electron chi connectivity index (χ3n) is 6.76. The van der Waals surface area contributed by atoms with Crippen molar-refractivity contribution in [1.29, 1.82) is 0 Å². The molecule has 0 aliphatic carbocycles. The van der Waals surface area contributed by atoms with E-state index >= 15 is 0 Å². The summed E-state index contributed by atoms with van der Waals surface area (Å²) in [5.41, 5.74) is 1.35. The van der Waals surface area contributed by atoms with Gasteiger partial charge in [0, 0.05) is 11.6 Å². The molecule has 4 atom stereocenters. The lowest BCUT2D eigenvalue weighted by atomic mass is 9.86. The quantitative estimate of drug-likeness (QED) is 0.243. The van der Waals surface area contributed by atoms with Crippen molar-refractivity contribution in [2.24, 2.45) is 11.8 Å². The number of ether oxygens (including phenoxy) is 2. The number of fused-ring (bicyclic) bond motifs is 1. The van der Waals surface area contributed by atoms with E-state index in [2.05, 4.69) is 5.32 Å². The molecule has 5 rings (SSSR count). The van der Waals surface area contributed by atoms with Crippen molar-refractivity contribution in [1.82, 2.24) is 10.2 Å². The third kappa shape index (κ3) is 4.34. The minimum atomic E-state index is -1.34. The first-order valence-electron chi connectivity index (χ1n) is 11.7. The molecule has 196 valence electrons. The molecule has 12 heteroatoms. The molecule has 2 aliphatic rings. The Kier molecular flexibility index (Phi) is 6.55. The average Bonchev–Trinajstić information content (AvgIpc) is 3.61. The minimum absolute atomic E-state index is 0.0306. The van der Waals surface area contributed by atoms with E-state index in [0.29, 0.717) is 17.1 Å². The molecule has 1 aromatic heterocycles. The second-order valence-electron chi connectivity index (χ2n) is 8.92. The zero-order chi connectivity index (χ0) is 27.0. The number of likely N-dealkylation sites (tertiary alicyclic amines) is 1. The molecule has 0 bridgehead atoms. The first-order valence-corrected chi connectivity index (χ1v) is 11.7. The number of imide groups is 1. The van der Waals surface area contributed by atoms with Gasteiger partial charge in [0.25, 0.3) is 0 Å². The van der Waals surface area contributed by atoms with Crippen LogP contribution < -0.4 is 14.8 Å². The molecule has 3 heterocycles. The van der Waals surface area contributed by atoms with E-state index in [4.69, 9.17) is 13.9 Å². The van der Waals surface area contributed by atoms with Crippen molar-refractivity contribution < 1.29 is 38.3 Å². The molecule has 12 nitrogen and oxygen atoms in total. The van der Waals surface area contributed by atoms with E-state index in [9.17, 15) is 29.6 Å². The molecule has 2 N–H and O–H groups in total. The fourth-order valence-electron chi connectivity index (χ4n) is 5.07. The Balaban J connectivity index is 1.49. The fourth-order valence-corrected chi connectivity index (χ4v) is 5.07. The molecular weight excluding hydrogens is 498 g/mol. The lowest BCUT2D eigenvalue weighted by Crippen LogP contribution is -2.42. The van der Waals surface area contributed by atoms with Gasteiger partial charge in [-0.25, -0.2) is 0 Å². The second-order valence-corrected chi connectivity index (χ2v) is 8.92. The molecule has 0 radical (unpaired) electrons. The number of carboxylic acid groups (broad SMARTS) is 1. The molecule has 4 unspecified atom stereocenters. The van der Waals surface area contributed by atoms with Crippen LogP contribution in [0.3, 0.4) is 0 Å². The van der Waals surface area contributed by atoms with Crippen LogP contribution in [0.4, 0.5) is 5.88 Å². The molecule has 38 heavy (non-hydrogen) atoms. The monoisotopic (exact) mass is 521 g/mol. The number of rotatable bonds is 9. The number of para-hydroxylation sites is 1. The Hall–Kier alpha value is -4.71. The number of hydrogen-bond donors (Lipinski definition) is 2. The first kappa shape index (κ1) is 25.0. The number of nitro groups is 1. The third-order valence-corrected chi connectivity index (χ3v) is 6.76. The van der Waals surface area contributed by atoms with Crippen molar-refractivity contribution >= 4 is 23.7 Å². The Morgan fingerprint density at radius 1 is 1.08 bits per heavy atom. The van der Waals surface area contributed by atoms with Gasteiger partial charge in [-0.1, -0.05) is 42.5 Å². The summed E-state index contributed by atoms with van der Waals surface area (Å²) in [6.07, 6.45) is 0. The van der Waals surface area contributed by atoms with Gasteiger partial charge in [0.05, 0.1) is 31.6 Å². The molecule has 2 aliphatic heterocycles. The summed E-state index contributed by atoms with van der Waals surface area (Å²) >= 11 is 0. The van der Waals surface area contributed by atoms with Crippen molar-refractivity contribution in [2.45, 2.75) is 25.2 Å². The van der Waals surface area contributed by atoms with E-state index in [1.54, 1.807) is 18.2 Å². The van der Waals surface area contributed by atoms with E-state index in [1.165, 1.54) is 13.2 Å². The Morgan fingerprint density at radius 3 is 2.47 bits per heavy atom. The minimum Gasteiger partial charge on any atom is -0.493 e. The summed E-state index contributed by atoms with van der Waals surface area (Å²) in [5.74, 6) is -4.64. The van der Waals surface area contributed by atoms with Crippen molar-refractivity contribution in [3.8, 4) is 11.5 Å². The van der Waals surface area contributed by atoms with Gasteiger partial charge in [0.2, 0.25) is 11.8 Å². The zero-order valence-corrected chi connectivity index (χ0v) is 20.1. The number of benzene rings is 2. The Bertz CT molecular complexity index is 1400. The van der Waals surface area contributed by atoms with Gasteiger partial charge in [-0.05, 0) is 17.7 Å². The van der Waals surface area contributed by atoms with E-state index in [0.717, 1.165) is 16.5 Å². The van der Waals surface area contributed by atoms with Gasteiger partial charge in [-0.15, -0.1) is 0 Å². The number of carboxylic acids is 1. The van der Waals surface area contributed by atoms with Gasteiger partial charge in [-0.3, -0.25) is 34.7 Å². The van der Waals surface area contributed by atoms with Crippen molar-refractivity contribution in [2.75, 3.05) is 7.11 Å². The van der Waals surface area contributed by atoms with Crippen LogP contribution in [0.15, 0.2) is 65.1 Å². The van der Waals surface area contributed by atoms with Crippen LogP contribution in [-0.2, 0) is 27.5 Å². The number of methoxy groups -OCH3 is 1. The summed E-state index contributed by atoms with van der Waals surface area (Å²) in [4.78, 5) is 50.1. The van der Waals surface area contributed by atoms with Crippen LogP contribution in [0.2, 0.25) is 0 Å². The molecule has 2 saturated heterocycles. The lowest BCUT2D eigenvalue weighted by Gasteiger charge is -2.23. The number of furan rings is 1. The predicted octanol–water partition coefficient (Wildman–Crippen LogP) is 2.67. The highest BCUT2D eigenvalue weighted by Crippen LogP contribution is 2.48. The Labute approximate surface area is 215 Å². The van der Waals surface area contributed by atoms with Crippen LogP contribution in [0.5, 0.6) is 11.5 Å². The van der Waals surface area contributed by atoms with Gasteiger partial charge in [0.1, 0.15) is 23.3 Å². The lowest BCUT2D eigenvalue weighted by molar-refractivity contribution is -0.402. The van der Waals surface area contributed by atoms with Crippen LogP contribution >= 0.6 is 0 Å². The predicted molar refractivity (Wildman–Crippen MR) is 129 cm³/mol. The largest absolute Gasteiger partial charge is 0.493 e. The zero-order valence-electron chi connectivity index (χ0n) is 20.1. The SMILES string of the molecule is COc1cccc(C2NC(C(=O)O)C3C(=O)N(Cc4ccc([N+](=O)[O-])o4)C(=O)C23)c1OCc1ccccc1. The maximum absolute atomic E-state index is 13.6. The molecule has 0 saturated carbocycles. The topological polar surface area (TPSA) is 161 Å². The van der Waals surface area contributed by atoms with Crippen LogP contribution in [0, 0.1) is 22.0 Å². The van der Waals surface area contributed by atoms with Gasteiger partial charge in [-0.2, -0.15) is 0 Å². The highest BCUT2D eigenvalue weighted by atomic mass is 16.6. The number of hydrogen-bond acceptors (Lipinski definition) is 9. The molecule has 2 fully saturated rings. The van der Waals surface area contributed by atoms with Crippen LogP contribution in [0.1, 0.15) is 22.9 Å². The maximum atomic E-state index is 13.6. The number of amides is 2. The summed E-state index contributed by atoms with van der Waals surface area (Å²) < 4.78 is 16.7. The number of carbonyl (C=O) groups excluding carboxylic acids is 2. The Morgan fingerprint density at radius 2 is 1.82 bits per heavy atom. The van der Waals surface area contributed by atoms with E-state index < -0.39 is 52.5 Å². The van der Waals surface area contributed by atoms with Crippen LogP contribution in [-0.4, -0.2) is 45.9 Å². The van der Waals surface area contributed by atoms with E-state index in [1.807, 2.05) is 30.3 Å². The summed E-state index contributed by atoms with van der Waals surface area (Å²) in [5, 5.41) is 23.8. The maximum Gasteiger partial charge on any atom is 0.433 e. The number of carbonyl (C=O) groups is 3. The first-order chi connectivity index (χ1) is 18.3. The van der Waals surface area contributed by atoms with Crippen LogP contribution in [0.25, 0.3) is 0 Å².